The van der Waals surface area contributed by atoms with Crippen LogP contribution in [0.25, 0.3) is 0 Å². The molecule has 4 heteroatoms. The van der Waals surface area contributed by atoms with Crippen molar-refractivity contribution in [3.63, 3.8) is 0 Å². The number of nitrogens with two attached hydrogens (primary N) is 1. The number of hydrogen-bond acceptors (Lipinski definition) is 3. The van der Waals surface area contributed by atoms with Crippen LogP contribution < -0.4 is 11.1 Å². The maximum Gasteiger partial charge on any atom is 0.237 e. The van der Waals surface area contributed by atoms with E-state index in [0.29, 0.717) is 18.4 Å². The third kappa shape index (κ3) is 3.46. The molecule has 1 saturated carbocycles. The summed E-state index contributed by atoms with van der Waals surface area (Å²) in [7, 11) is 0. The van der Waals surface area contributed by atoms with Crippen LogP contribution in [0.5, 0.6) is 0 Å². The topological polar surface area (TPSA) is 75.4 Å². The third-order valence-electron chi connectivity index (χ3n) is 3.61. The zero-order valence-electron chi connectivity index (χ0n) is 10.3. The molecule has 1 amide bonds. The lowest BCUT2D eigenvalue weighted by Crippen LogP contribution is -2.45. The van der Waals surface area contributed by atoms with Crippen LogP contribution >= 0.6 is 0 Å². The first-order valence-corrected chi connectivity index (χ1v) is 6.20. The molecule has 0 aromatic heterocycles. The standard InChI is InChI=1S/C12H24N2O2/c1-8(2)11(13)12(16)14-6-9-4-3-5-10(9)7-15/h8-11,15H,3-7,13H2,1-2H3,(H,14,16). The van der Waals surface area contributed by atoms with Crippen LogP contribution in [-0.4, -0.2) is 30.2 Å². The van der Waals surface area contributed by atoms with Crippen molar-refractivity contribution < 1.29 is 9.90 Å². The van der Waals surface area contributed by atoms with Crippen LogP contribution in [0.1, 0.15) is 33.1 Å². The summed E-state index contributed by atoms with van der Waals surface area (Å²) in [6.07, 6.45) is 3.33. The Morgan fingerprint density at radius 3 is 2.62 bits per heavy atom. The van der Waals surface area contributed by atoms with Crippen molar-refractivity contribution in [1.82, 2.24) is 5.32 Å². The molecule has 0 saturated heterocycles. The summed E-state index contributed by atoms with van der Waals surface area (Å²) in [6, 6.07) is -0.422. The van der Waals surface area contributed by atoms with Gasteiger partial charge in [0, 0.05) is 13.2 Å². The maximum atomic E-state index is 11.6. The summed E-state index contributed by atoms with van der Waals surface area (Å²) >= 11 is 0. The van der Waals surface area contributed by atoms with E-state index in [-0.39, 0.29) is 18.4 Å². The van der Waals surface area contributed by atoms with Crippen molar-refractivity contribution in [2.75, 3.05) is 13.2 Å². The summed E-state index contributed by atoms with van der Waals surface area (Å²) in [5.74, 6) is 0.875. The summed E-state index contributed by atoms with van der Waals surface area (Å²) in [4.78, 5) is 11.6. The molecule has 0 spiro atoms. The van der Waals surface area contributed by atoms with Crippen LogP contribution in [0.2, 0.25) is 0 Å². The highest BCUT2D eigenvalue weighted by Crippen LogP contribution is 2.30. The van der Waals surface area contributed by atoms with Gasteiger partial charge in [0.25, 0.3) is 0 Å². The SMILES string of the molecule is CC(C)C(N)C(=O)NCC1CCCC1CO. The van der Waals surface area contributed by atoms with E-state index in [0.717, 1.165) is 19.3 Å². The molecule has 1 aliphatic rings. The van der Waals surface area contributed by atoms with E-state index in [1.54, 1.807) is 0 Å². The van der Waals surface area contributed by atoms with Gasteiger partial charge in [0.05, 0.1) is 6.04 Å². The van der Waals surface area contributed by atoms with Gasteiger partial charge >= 0.3 is 0 Å². The second-order valence-electron chi connectivity index (χ2n) is 5.15. The first kappa shape index (κ1) is 13.5. The molecule has 1 aliphatic carbocycles. The molecule has 1 rings (SSSR count). The van der Waals surface area contributed by atoms with Crippen molar-refractivity contribution in [1.29, 1.82) is 0 Å². The average molecular weight is 228 g/mol. The van der Waals surface area contributed by atoms with E-state index in [4.69, 9.17) is 10.8 Å². The zero-order valence-corrected chi connectivity index (χ0v) is 10.3. The zero-order chi connectivity index (χ0) is 12.1. The Balaban J connectivity index is 2.31. The molecule has 3 atom stereocenters. The fourth-order valence-corrected chi connectivity index (χ4v) is 2.28. The summed E-state index contributed by atoms with van der Waals surface area (Å²) < 4.78 is 0. The second kappa shape index (κ2) is 6.21. The van der Waals surface area contributed by atoms with Gasteiger partial charge in [-0.15, -0.1) is 0 Å². The minimum atomic E-state index is -0.422. The second-order valence-corrected chi connectivity index (χ2v) is 5.15. The van der Waals surface area contributed by atoms with E-state index < -0.39 is 6.04 Å². The lowest BCUT2D eigenvalue weighted by atomic mass is 9.96. The highest BCUT2D eigenvalue weighted by atomic mass is 16.3. The smallest absolute Gasteiger partial charge is 0.237 e. The van der Waals surface area contributed by atoms with E-state index >= 15 is 0 Å². The van der Waals surface area contributed by atoms with Crippen molar-refractivity contribution in [2.45, 2.75) is 39.2 Å². The van der Waals surface area contributed by atoms with Gasteiger partial charge < -0.3 is 16.2 Å². The minimum absolute atomic E-state index is 0.0708. The van der Waals surface area contributed by atoms with Gasteiger partial charge in [-0.25, -0.2) is 0 Å². The van der Waals surface area contributed by atoms with Crippen LogP contribution in [0.15, 0.2) is 0 Å². The quantitative estimate of drug-likeness (QED) is 0.641. The van der Waals surface area contributed by atoms with Gasteiger partial charge in [-0.05, 0) is 30.6 Å². The van der Waals surface area contributed by atoms with E-state index in [1.807, 2.05) is 13.8 Å². The van der Waals surface area contributed by atoms with Crippen LogP contribution in [-0.2, 0) is 4.79 Å². The Hall–Kier alpha value is -0.610. The van der Waals surface area contributed by atoms with Crippen molar-refractivity contribution in [2.24, 2.45) is 23.5 Å². The van der Waals surface area contributed by atoms with Gasteiger partial charge in [0.15, 0.2) is 0 Å². The van der Waals surface area contributed by atoms with Gasteiger partial charge in [-0.3, -0.25) is 4.79 Å². The first-order chi connectivity index (χ1) is 7.56. The molecule has 0 radical (unpaired) electrons. The van der Waals surface area contributed by atoms with E-state index in [2.05, 4.69) is 5.32 Å². The monoisotopic (exact) mass is 228 g/mol. The molecular weight excluding hydrogens is 204 g/mol. The maximum absolute atomic E-state index is 11.6. The molecule has 0 aromatic carbocycles. The van der Waals surface area contributed by atoms with Crippen LogP contribution in [0, 0.1) is 17.8 Å². The number of hydrogen-bond donors (Lipinski definition) is 3. The van der Waals surface area contributed by atoms with Gasteiger partial charge in [0.2, 0.25) is 5.91 Å². The molecule has 0 heterocycles. The van der Waals surface area contributed by atoms with E-state index in [9.17, 15) is 4.79 Å². The Bertz CT molecular complexity index is 231. The predicted molar refractivity (Wildman–Crippen MR) is 63.7 cm³/mol. The largest absolute Gasteiger partial charge is 0.396 e. The molecule has 0 aliphatic heterocycles. The third-order valence-corrected chi connectivity index (χ3v) is 3.61. The van der Waals surface area contributed by atoms with Crippen molar-refractivity contribution >= 4 is 5.91 Å². The molecule has 16 heavy (non-hydrogen) atoms. The average Bonchev–Trinajstić information content (AvgIpc) is 2.71. The highest BCUT2D eigenvalue weighted by molar-refractivity contribution is 5.81. The van der Waals surface area contributed by atoms with Crippen molar-refractivity contribution in [3.05, 3.63) is 0 Å². The molecule has 1 fully saturated rings. The highest BCUT2D eigenvalue weighted by Gasteiger charge is 2.27. The number of aliphatic hydroxyl groups is 1. The molecular formula is C12H24N2O2. The fourth-order valence-electron chi connectivity index (χ4n) is 2.28. The number of rotatable bonds is 5. The lowest BCUT2D eigenvalue weighted by Gasteiger charge is -2.20. The lowest BCUT2D eigenvalue weighted by molar-refractivity contribution is -0.123. The Morgan fingerprint density at radius 1 is 1.44 bits per heavy atom. The van der Waals surface area contributed by atoms with E-state index in [1.165, 1.54) is 0 Å². The molecule has 0 bridgehead atoms. The number of carbonyl (C=O) groups excluding carboxylic acids is 1. The minimum Gasteiger partial charge on any atom is -0.396 e. The Morgan fingerprint density at radius 2 is 2.06 bits per heavy atom. The van der Waals surface area contributed by atoms with Gasteiger partial charge in [0.1, 0.15) is 0 Å². The van der Waals surface area contributed by atoms with Gasteiger partial charge in [-0.2, -0.15) is 0 Å². The molecule has 3 unspecified atom stereocenters. The number of nitrogens with one attached hydrogen (secondary N) is 1. The number of carbonyl (C=O) groups is 1. The summed E-state index contributed by atoms with van der Waals surface area (Å²) in [5.41, 5.74) is 5.75. The van der Waals surface area contributed by atoms with Crippen molar-refractivity contribution in [3.8, 4) is 0 Å². The summed E-state index contributed by atoms with van der Waals surface area (Å²) in [5, 5.41) is 12.1. The number of aliphatic hydroxyl groups excluding tert-OH is 1. The Labute approximate surface area is 97.6 Å². The predicted octanol–water partition coefficient (Wildman–Crippen LogP) is 0.494. The van der Waals surface area contributed by atoms with Gasteiger partial charge in [-0.1, -0.05) is 20.3 Å². The van der Waals surface area contributed by atoms with Crippen LogP contribution in [0.4, 0.5) is 0 Å². The molecule has 4 nitrogen and oxygen atoms in total. The molecule has 0 aromatic rings. The Kier molecular flexibility index (Phi) is 5.22. The molecule has 94 valence electrons. The first-order valence-electron chi connectivity index (χ1n) is 6.20. The van der Waals surface area contributed by atoms with Crippen LogP contribution in [0.3, 0.4) is 0 Å². The molecule has 4 N–H and O–H groups in total. The number of amides is 1. The normalized spacial score (nSPS) is 27.1. The summed E-state index contributed by atoms with van der Waals surface area (Å²) in [6.45, 7) is 4.77. The fraction of sp³-hybridized carbons (Fsp3) is 0.917.